The van der Waals surface area contributed by atoms with Gasteiger partial charge in [0.25, 0.3) is 0 Å². The number of anilines is 1. The van der Waals surface area contributed by atoms with Crippen LogP contribution in [0.5, 0.6) is 0 Å². The van der Waals surface area contributed by atoms with E-state index in [4.69, 9.17) is 0 Å². The van der Waals surface area contributed by atoms with Crippen LogP contribution in [0.4, 0.5) is 5.82 Å². The van der Waals surface area contributed by atoms with Gasteiger partial charge in [0.15, 0.2) is 11.3 Å². The Labute approximate surface area is 123 Å². The van der Waals surface area contributed by atoms with E-state index in [1.165, 1.54) is 12.8 Å². The number of carboxylic acid groups (broad SMARTS) is 1. The monoisotopic (exact) mass is 288 g/mol. The minimum atomic E-state index is -0.993. The van der Waals surface area contributed by atoms with Gasteiger partial charge in [-0.3, -0.25) is 0 Å². The molecule has 0 saturated carbocycles. The molecule has 3 heterocycles. The Kier molecular flexibility index (Phi) is 3.77. The highest BCUT2D eigenvalue weighted by Gasteiger charge is 2.18. The molecule has 112 valence electrons. The van der Waals surface area contributed by atoms with Crippen molar-refractivity contribution in [2.45, 2.75) is 39.0 Å². The number of carbonyl (C=O) groups is 1. The van der Waals surface area contributed by atoms with Crippen LogP contribution in [0.2, 0.25) is 0 Å². The molecular weight excluding hydrogens is 268 g/mol. The van der Waals surface area contributed by atoms with Crippen LogP contribution in [0.15, 0.2) is 12.1 Å². The highest BCUT2D eigenvalue weighted by Crippen LogP contribution is 2.22. The molecule has 1 aliphatic rings. The third-order valence-electron chi connectivity index (χ3n) is 3.97. The molecule has 0 aromatic carbocycles. The average molecular weight is 288 g/mol. The summed E-state index contributed by atoms with van der Waals surface area (Å²) in [6.45, 7) is 3.92. The number of hydrogen-bond donors (Lipinski definition) is 1. The Morgan fingerprint density at radius 3 is 2.57 bits per heavy atom. The van der Waals surface area contributed by atoms with E-state index in [-0.39, 0.29) is 5.69 Å². The molecule has 1 fully saturated rings. The van der Waals surface area contributed by atoms with Crippen LogP contribution in [0, 0.1) is 0 Å². The van der Waals surface area contributed by atoms with Gasteiger partial charge in [-0.1, -0.05) is 19.8 Å². The van der Waals surface area contributed by atoms with Crippen LogP contribution in [0.25, 0.3) is 5.65 Å². The molecule has 3 rings (SSSR count). The van der Waals surface area contributed by atoms with Gasteiger partial charge in [-0.25, -0.2) is 9.78 Å². The smallest absolute Gasteiger partial charge is 0.354 e. The van der Waals surface area contributed by atoms with Gasteiger partial charge in [0, 0.05) is 25.2 Å². The number of fused-ring (bicyclic) bond motifs is 1. The van der Waals surface area contributed by atoms with E-state index >= 15 is 0 Å². The normalized spacial score (nSPS) is 16.1. The second-order valence-corrected chi connectivity index (χ2v) is 5.47. The van der Waals surface area contributed by atoms with Crippen molar-refractivity contribution in [1.29, 1.82) is 0 Å². The molecule has 0 radical (unpaired) electrons. The van der Waals surface area contributed by atoms with Gasteiger partial charge in [0.2, 0.25) is 0 Å². The van der Waals surface area contributed by atoms with Crippen LogP contribution in [0.1, 0.15) is 48.8 Å². The zero-order valence-electron chi connectivity index (χ0n) is 12.2. The first-order valence-electron chi connectivity index (χ1n) is 7.57. The summed E-state index contributed by atoms with van der Waals surface area (Å²) in [4.78, 5) is 17.7. The second-order valence-electron chi connectivity index (χ2n) is 5.47. The van der Waals surface area contributed by atoms with Gasteiger partial charge in [-0.2, -0.15) is 9.61 Å². The fourth-order valence-corrected chi connectivity index (χ4v) is 2.81. The number of aryl methyl sites for hydroxylation is 1. The third kappa shape index (κ3) is 2.70. The summed E-state index contributed by atoms with van der Waals surface area (Å²) in [7, 11) is 0. The Bertz CT molecular complexity index is 657. The van der Waals surface area contributed by atoms with Gasteiger partial charge in [0.05, 0.1) is 5.69 Å². The lowest BCUT2D eigenvalue weighted by Crippen LogP contribution is -2.27. The summed E-state index contributed by atoms with van der Waals surface area (Å²) in [6, 6.07) is 3.51. The molecule has 1 N–H and O–H groups in total. The summed E-state index contributed by atoms with van der Waals surface area (Å²) in [6.07, 6.45) is 5.54. The maximum absolute atomic E-state index is 11.3. The Morgan fingerprint density at radius 1 is 1.24 bits per heavy atom. The molecule has 0 amide bonds. The van der Waals surface area contributed by atoms with Crippen molar-refractivity contribution in [3.05, 3.63) is 23.5 Å². The van der Waals surface area contributed by atoms with Crippen LogP contribution < -0.4 is 4.90 Å². The molecule has 0 unspecified atom stereocenters. The Hall–Kier alpha value is -2.11. The van der Waals surface area contributed by atoms with Crippen LogP contribution in [0.3, 0.4) is 0 Å². The second kappa shape index (κ2) is 5.71. The summed E-state index contributed by atoms with van der Waals surface area (Å²) in [5.41, 5.74) is 1.64. The summed E-state index contributed by atoms with van der Waals surface area (Å²) >= 11 is 0. The number of carboxylic acids is 1. The van der Waals surface area contributed by atoms with Crippen molar-refractivity contribution >= 4 is 17.4 Å². The van der Waals surface area contributed by atoms with Crippen molar-refractivity contribution < 1.29 is 9.90 Å². The van der Waals surface area contributed by atoms with E-state index in [1.807, 2.05) is 13.0 Å². The highest BCUT2D eigenvalue weighted by molar-refractivity contribution is 5.87. The number of aromatic carboxylic acids is 1. The molecule has 0 spiro atoms. The van der Waals surface area contributed by atoms with Gasteiger partial charge >= 0.3 is 5.97 Å². The van der Waals surface area contributed by atoms with Crippen molar-refractivity contribution in [2.75, 3.05) is 18.0 Å². The highest BCUT2D eigenvalue weighted by atomic mass is 16.4. The topological polar surface area (TPSA) is 70.7 Å². The molecule has 1 aliphatic heterocycles. The number of nitrogens with zero attached hydrogens (tertiary/aromatic N) is 4. The van der Waals surface area contributed by atoms with Gasteiger partial charge < -0.3 is 10.0 Å². The lowest BCUT2D eigenvalue weighted by molar-refractivity contribution is 0.0690. The summed E-state index contributed by atoms with van der Waals surface area (Å²) in [5.74, 6) is -0.146. The van der Waals surface area contributed by atoms with Crippen LogP contribution in [-0.4, -0.2) is 38.8 Å². The lowest BCUT2D eigenvalue weighted by atomic mass is 10.2. The fourth-order valence-electron chi connectivity index (χ4n) is 2.81. The standard InChI is InChI=1S/C15H20N4O2/c1-2-11-9-13-16-12(15(20)21)10-14(19(13)17-11)18-7-5-3-4-6-8-18/h9-10H,2-8H2,1H3,(H,20,21). The van der Waals surface area contributed by atoms with Gasteiger partial charge in [0.1, 0.15) is 5.82 Å². The molecule has 0 aliphatic carbocycles. The molecule has 6 heteroatoms. The number of aromatic nitrogens is 3. The first-order chi connectivity index (χ1) is 10.2. The number of rotatable bonds is 3. The summed E-state index contributed by atoms with van der Waals surface area (Å²) < 4.78 is 1.79. The van der Waals surface area contributed by atoms with Crippen molar-refractivity contribution in [3.63, 3.8) is 0 Å². The fraction of sp³-hybridized carbons (Fsp3) is 0.533. The van der Waals surface area contributed by atoms with Crippen molar-refractivity contribution in [3.8, 4) is 0 Å². The van der Waals surface area contributed by atoms with Crippen molar-refractivity contribution in [1.82, 2.24) is 14.6 Å². The maximum Gasteiger partial charge on any atom is 0.354 e. The molecule has 0 atom stereocenters. The maximum atomic E-state index is 11.3. The molecule has 1 saturated heterocycles. The minimum absolute atomic E-state index is 0.0873. The predicted octanol–water partition coefficient (Wildman–Crippen LogP) is 2.37. The van der Waals surface area contributed by atoms with Crippen molar-refractivity contribution in [2.24, 2.45) is 0 Å². The van der Waals surface area contributed by atoms with E-state index in [2.05, 4.69) is 15.0 Å². The van der Waals surface area contributed by atoms with E-state index in [0.29, 0.717) is 5.65 Å². The molecular formula is C15H20N4O2. The predicted molar refractivity (Wildman–Crippen MR) is 80.0 cm³/mol. The molecule has 2 aromatic heterocycles. The average Bonchev–Trinajstić information content (AvgIpc) is 2.71. The molecule has 0 bridgehead atoms. The zero-order valence-corrected chi connectivity index (χ0v) is 12.2. The van der Waals surface area contributed by atoms with E-state index < -0.39 is 5.97 Å². The first kappa shape index (κ1) is 13.9. The van der Waals surface area contributed by atoms with Gasteiger partial charge in [-0.05, 0) is 19.3 Å². The lowest BCUT2D eigenvalue weighted by Gasteiger charge is -2.23. The quantitative estimate of drug-likeness (QED) is 0.939. The Morgan fingerprint density at radius 2 is 1.95 bits per heavy atom. The van der Waals surface area contributed by atoms with E-state index in [9.17, 15) is 9.90 Å². The first-order valence-corrected chi connectivity index (χ1v) is 7.57. The van der Waals surface area contributed by atoms with Crippen LogP contribution in [-0.2, 0) is 6.42 Å². The zero-order chi connectivity index (χ0) is 14.8. The van der Waals surface area contributed by atoms with E-state index in [0.717, 1.165) is 43.9 Å². The van der Waals surface area contributed by atoms with E-state index in [1.54, 1.807) is 10.6 Å². The Balaban J connectivity index is 2.12. The molecule has 21 heavy (non-hydrogen) atoms. The number of hydrogen-bond acceptors (Lipinski definition) is 4. The summed E-state index contributed by atoms with van der Waals surface area (Å²) in [5, 5.41) is 13.8. The largest absolute Gasteiger partial charge is 0.477 e. The van der Waals surface area contributed by atoms with Crippen LogP contribution >= 0.6 is 0 Å². The minimum Gasteiger partial charge on any atom is -0.477 e. The SMILES string of the molecule is CCc1cc2nc(C(=O)O)cc(N3CCCCCC3)n2n1. The molecule has 2 aromatic rings. The van der Waals surface area contributed by atoms with Gasteiger partial charge in [-0.15, -0.1) is 0 Å². The molecule has 6 nitrogen and oxygen atoms in total. The third-order valence-corrected chi connectivity index (χ3v) is 3.97.